The van der Waals surface area contributed by atoms with Gasteiger partial charge in [-0.2, -0.15) is 0 Å². The first-order valence-electron chi connectivity index (χ1n) is 10.00. The van der Waals surface area contributed by atoms with Crippen molar-refractivity contribution in [3.8, 4) is 0 Å². The van der Waals surface area contributed by atoms with Crippen molar-refractivity contribution in [3.63, 3.8) is 0 Å². The molecule has 3 rings (SSSR count). The SMILES string of the molecule is OC[C@@H]1O[C@@H](OC[C@H]2O[C@H](O[C@H]3[C@H](O)[C@@H](O)C(O)O[C@@H]3CO)[C@H](O)[C@@H](O)[C@@H]2O)[C@H](O)[C@H]1O. The van der Waals surface area contributed by atoms with Gasteiger partial charge in [0.1, 0.15) is 67.1 Å². The van der Waals surface area contributed by atoms with Crippen LogP contribution in [0.15, 0.2) is 0 Å². The molecule has 0 aromatic heterocycles. The maximum Gasteiger partial charge on any atom is 0.187 e. The summed E-state index contributed by atoms with van der Waals surface area (Å²) in [5.41, 5.74) is 0. The molecule has 0 bridgehead atoms. The van der Waals surface area contributed by atoms with Crippen molar-refractivity contribution in [2.45, 2.75) is 86.0 Å². The molecule has 10 N–H and O–H groups in total. The van der Waals surface area contributed by atoms with Gasteiger partial charge in [-0.25, -0.2) is 0 Å². The largest absolute Gasteiger partial charge is 0.394 e. The minimum atomic E-state index is -1.83. The van der Waals surface area contributed by atoms with E-state index in [0.717, 1.165) is 0 Å². The maximum absolute atomic E-state index is 10.2. The summed E-state index contributed by atoms with van der Waals surface area (Å²) in [7, 11) is 0. The predicted molar refractivity (Wildman–Crippen MR) is 95.2 cm³/mol. The van der Waals surface area contributed by atoms with E-state index in [-0.39, 0.29) is 0 Å². The maximum atomic E-state index is 10.2. The molecule has 0 spiro atoms. The normalized spacial score (nSPS) is 52.3. The zero-order chi connectivity index (χ0) is 23.7. The van der Waals surface area contributed by atoms with E-state index < -0.39 is 106 Å². The van der Waals surface area contributed by atoms with Gasteiger partial charge >= 0.3 is 0 Å². The van der Waals surface area contributed by atoms with Crippen LogP contribution >= 0.6 is 0 Å². The zero-order valence-electron chi connectivity index (χ0n) is 16.7. The van der Waals surface area contributed by atoms with Gasteiger partial charge in [-0.05, 0) is 0 Å². The van der Waals surface area contributed by atoms with Crippen LogP contribution in [0.4, 0.5) is 0 Å². The number of hydrogen-bond donors (Lipinski definition) is 10. The molecule has 32 heavy (non-hydrogen) atoms. The van der Waals surface area contributed by atoms with Crippen molar-refractivity contribution >= 4 is 0 Å². The highest BCUT2D eigenvalue weighted by Crippen LogP contribution is 2.29. The van der Waals surface area contributed by atoms with Crippen LogP contribution in [0.3, 0.4) is 0 Å². The van der Waals surface area contributed by atoms with Crippen molar-refractivity contribution in [1.82, 2.24) is 0 Å². The minimum Gasteiger partial charge on any atom is -0.394 e. The van der Waals surface area contributed by atoms with Crippen LogP contribution in [0.25, 0.3) is 0 Å². The van der Waals surface area contributed by atoms with Gasteiger partial charge < -0.3 is 74.7 Å². The van der Waals surface area contributed by atoms with E-state index in [2.05, 4.69) is 0 Å². The molecular formula is C17H30O15. The summed E-state index contributed by atoms with van der Waals surface area (Å²) in [5.74, 6) is 0. The van der Waals surface area contributed by atoms with Gasteiger partial charge in [0.15, 0.2) is 18.9 Å². The molecule has 15 nitrogen and oxygen atoms in total. The fourth-order valence-corrected chi connectivity index (χ4v) is 3.75. The number of ether oxygens (including phenoxy) is 5. The van der Waals surface area contributed by atoms with Crippen LogP contribution in [0.2, 0.25) is 0 Å². The second-order valence-corrected chi connectivity index (χ2v) is 7.88. The first kappa shape index (κ1) is 26.0. The van der Waals surface area contributed by atoms with Crippen molar-refractivity contribution in [2.75, 3.05) is 19.8 Å². The Kier molecular flexibility index (Phi) is 8.75. The Morgan fingerprint density at radius 2 is 1.09 bits per heavy atom. The second-order valence-electron chi connectivity index (χ2n) is 7.88. The third-order valence-corrected chi connectivity index (χ3v) is 5.72. The molecule has 3 heterocycles. The fraction of sp³-hybridized carbons (Fsp3) is 1.00. The zero-order valence-corrected chi connectivity index (χ0v) is 16.7. The Balaban J connectivity index is 1.65. The number of hydrogen-bond acceptors (Lipinski definition) is 15. The summed E-state index contributed by atoms with van der Waals surface area (Å²) < 4.78 is 26.2. The van der Waals surface area contributed by atoms with Gasteiger partial charge in [-0.1, -0.05) is 0 Å². The summed E-state index contributed by atoms with van der Waals surface area (Å²) in [6, 6.07) is 0. The highest BCUT2D eigenvalue weighted by molar-refractivity contribution is 4.94. The lowest BCUT2D eigenvalue weighted by Gasteiger charge is -2.45. The summed E-state index contributed by atoms with van der Waals surface area (Å²) in [4.78, 5) is 0. The molecule has 1 unspecified atom stereocenters. The molecule has 0 amide bonds. The standard InChI is InChI=1S/C17H30O15/c18-1-4-7(20)12(25)16(30-4)28-3-6-8(21)9(22)13(26)17(31-6)32-14-5(2-19)29-15(27)11(24)10(14)23/h4-27H,1-3H2/t4-,5+,6+,7-,8+,9-,10+,11+,12+,13+,14+,15?,16+,17+/m0/s1. The molecule has 3 aliphatic rings. The summed E-state index contributed by atoms with van der Waals surface area (Å²) in [5, 5.41) is 98.3. The average Bonchev–Trinajstić information content (AvgIpc) is 3.06. The monoisotopic (exact) mass is 474 g/mol. The number of rotatable bonds is 7. The van der Waals surface area contributed by atoms with Gasteiger partial charge in [-0.15, -0.1) is 0 Å². The lowest BCUT2D eigenvalue weighted by molar-refractivity contribution is -0.358. The summed E-state index contributed by atoms with van der Waals surface area (Å²) in [6.45, 7) is -1.84. The Bertz CT molecular complexity index is 594. The second kappa shape index (κ2) is 10.8. The molecule has 3 fully saturated rings. The molecule has 0 radical (unpaired) electrons. The topological polar surface area (TPSA) is 248 Å². The molecule has 3 saturated heterocycles. The van der Waals surface area contributed by atoms with Crippen LogP contribution in [0, 0.1) is 0 Å². The van der Waals surface area contributed by atoms with Gasteiger partial charge in [0.25, 0.3) is 0 Å². The van der Waals surface area contributed by atoms with Crippen molar-refractivity contribution in [3.05, 3.63) is 0 Å². The Morgan fingerprint density at radius 3 is 1.69 bits per heavy atom. The molecular weight excluding hydrogens is 444 g/mol. The van der Waals surface area contributed by atoms with Crippen LogP contribution in [-0.2, 0) is 23.7 Å². The van der Waals surface area contributed by atoms with E-state index in [0.29, 0.717) is 0 Å². The predicted octanol–water partition coefficient (Wildman–Crippen LogP) is -6.93. The van der Waals surface area contributed by atoms with Crippen LogP contribution in [0.5, 0.6) is 0 Å². The lowest BCUT2D eigenvalue weighted by Crippen LogP contribution is -2.64. The van der Waals surface area contributed by atoms with Gasteiger partial charge in [0, 0.05) is 0 Å². The van der Waals surface area contributed by atoms with Crippen molar-refractivity contribution in [2.24, 2.45) is 0 Å². The Morgan fingerprint density at radius 1 is 0.531 bits per heavy atom. The molecule has 0 saturated carbocycles. The molecule has 0 aliphatic carbocycles. The smallest absolute Gasteiger partial charge is 0.187 e. The van der Waals surface area contributed by atoms with Crippen molar-refractivity contribution < 1.29 is 74.7 Å². The average molecular weight is 474 g/mol. The van der Waals surface area contributed by atoms with E-state index in [9.17, 15) is 46.0 Å². The van der Waals surface area contributed by atoms with Crippen LogP contribution in [-0.4, -0.2) is 157 Å². The molecule has 3 aliphatic heterocycles. The fourth-order valence-electron chi connectivity index (χ4n) is 3.75. The highest BCUT2D eigenvalue weighted by Gasteiger charge is 2.51. The molecule has 14 atom stereocenters. The van der Waals surface area contributed by atoms with Crippen LogP contribution < -0.4 is 0 Å². The number of aliphatic hydroxyl groups is 10. The quantitative estimate of drug-likeness (QED) is 0.165. The summed E-state index contributed by atoms with van der Waals surface area (Å²) >= 11 is 0. The number of aliphatic hydroxyl groups excluding tert-OH is 10. The van der Waals surface area contributed by atoms with Crippen molar-refractivity contribution in [1.29, 1.82) is 0 Å². The van der Waals surface area contributed by atoms with E-state index in [1.54, 1.807) is 0 Å². The first-order valence-corrected chi connectivity index (χ1v) is 10.00. The van der Waals surface area contributed by atoms with Gasteiger partial charge in [0.05, 0.1) is 19.8 Å². The highest BCUT2D eigenvalue weighted by atomic mass is 16.7. The first-order chi connectivity index (χ1) is 15.1. The van der Waals surface area contributed by atoms with Gasteiger partial charge in [-0.3, -0.25) is 0 Å². The third-order valence-electron chi connectivity index (χ3n) is 5.72. The molecule has 0 aromatic rings. The third kappa shape index (κ3) is 5.07. The van der Waals surface area contributed by atoms with E-state index >= 15 is 0 Å². The molecule has 188 valence electrons. The van der Waals surface area contributed by atoms with Gasteiger partial charge in [0.2, 0.25) is 0 Å². The Labute approximate surface area is 181 Å². The minimum absolute atomic E-state index is 0.522. The molecule has 15 heteroatoms. The lowest BCUT2D eigenvalue weighted by atomic mass is 9.97. The summed E-state index contributed by atoms with van der Waals surface area (Å²) in [6.07, 6.45) is -22.0. The Hall–Kier alpha value is -0.600. The van der Waals surface area contributed by atoms with Crippen LogP contribution in [0.1, 0.15) is 0 Å². The van der Waals surface area contributed by atoms with E-state index in [1.165, 1.54) is 0 Å². The van der Waals surface area contributed by atoms with E-state index in [4.69, 9.17) is 28.8 Å². The molecule has 0 aromatic carbocycles. The van der Waals surface area contributed by atoms with E-state index in [1.807, 2.05) is 0 Å².